The lowest BCUT2D eigenvalue weighted by Crippen LogP contribution is -2.00. The molecule has 4 heteroatoms. The highest BCUT2D eigenvalue weighted by molar-refractivity contribution is 5.34. The van der Waals surface area contributed by atoms with Crippen LogP contribution >= 0.6 is 0 Å². The first-order valence-electron chi connectivity index (χ1n) is 5.17. The van der Waals surface area contributed by atoms with Crippen LogP contribution in [0.1, 0.15) is 6.92 Å². The molecule has 4 nitrogen and oxygen atoms in total. The Kier molecular flexibility index (Phi) is 3.33. The van der Waals surface area contributed by atoms with Gasteiger partial charge in [0.25, 0.3) is 0 Å². The van der Waals surface area contributed by atoms with Crippen LogP contribution in [0.15, 0.2) is 42.7 Å². The first-order chi connectivity index (χ1) is 7.88. The van der Waals surface area contributed by atoms with Gasteiger partial charge in [-0.3, -0.25) is 4.98 Å². The molecule has 0 radical (unpaired) electrons. The predicted octanol–water partition coefficient (Wildman–Crippen LogP) is 2.70. The first kappa shape index (κ1) is 10.4. The zero-order valence-corrected chi connectivity index (χ0v) is 9.05. The fourth-order valence-corrected chi connectivity index (χ4v) is 1.27. The van der Waals surface area contributed by atoms with Gasteiger partial charge in [-0.1, -0.05) is 18.2 Å². The molecule has 0 amide bonds. The van der Waals surface area contributed by atoms with Crippen LogP contribution in [-0.2, 0) is 0 Å². The maximum atomic E-state index is 5.55. The molecule has 0 aliphatic heterocycles. The van der Waals surface area contributed by atoms with E-state index in [2.05, 4.69) is 15.3 Å². The fourth-order valence-electron chi connectivity index (χ4n) is 1.27. The molecule has 0 saturated carbocycles. The maximum Gasteiger partial charge on any atom is 0.239 e. The lowest BCUT2D eigenvalue weighted by atomic mass is 10.3. The Labute approximate surface area is 94.3 Å². The number of rotatable bonds is 4. The van der Waals surface area contributed by atoms with E-state index in [1.54, 1.807) is 12.4 Å². The third-order valence-corrected chi connectivity index (χ3v) is 1.94. The summed E-state index contributed by atoms with van der Waals surface area (Å²) < 4.78 is 5.55. The molecule has 0 aliphatic carbocycles. The summed E-state index contributed by atoms with van der Waals surface area (Å²) in [5.74, 6) is 1.96. The highest BCUT2D eigenvalue weighted by Crippen LogP contribution is 2.18. The largest absolute Gasteiger partial charge is 0.437 e. The van der Waals surface area contributed by atoms with Gasteiger partial charge in [-0.25, -0.2) is 0 Å². The Hall–Kier alpha value is -2.10. The van der Waals surface area contributed by atoms with Crippen molar-refractivity contribution in [3.63, 3.8) is 0 Å². The highest BCUT2D eigenvalue weighted by Gasteiger charge is 1.99. The average Bonchev–Trinajstić information content (AvgIpc) is 2.31. The van der Waals surface area contributed by atoms with Crippen LogP contribution in [-0.4, -0.2) is 16.5 Å². The minimum absolute atomic E-state index is 0.490. The molecule has 1 aromatic carbocycles. The molecule has 0 bridgehead atoms. The maximum absolute atomic E-state index is 5.55. The summed E-state index contributed by atoms with van der Waals surface area (Å²) in [7, 11) is 0. The molecule has 1 heterocycles. The van der Waals surface area contributed by atoms with Gasteiger partial charge in [0.1, 0.15) is 11.6 Å². The van der Waals surface area contributed by atoms with Crippen molar-refractivity contribution in [2.45, 2.75) is 6.92 Å². The van der Waals surface area contributed by atoms with Gasteiger partial charge < -0.3 is 10.1 Å². The quantitative estimate of drug-likeness (QED) is 0.851. The van der Waals surface area contributed by atoms with E-state index in [9.17, 15) is 0 Å². The van der Waals surface area contributed by atoms with Crippen LogP contribution in [0.3, 0.4) is 0 Å². The lowest BCUT2D eigenvalue weighted by Gasteiger charge is -2.06. The van der Waals surface area contributed by atoms with Crippen LogP contribution in [0.2, 0.25) is 0 Å². The fraction of sp³-hybridized carbons (Fsp3) is 0.167. The molecule has 0 atom stereocenters. The van der Waals surface area contributed by atoms with E-state index in [1.807, 2.05) is 37.3 Å². The van der Waals surface area contributed by atoms with Gasteiger partial charge in [0.2, 0.25) is 5.88 Å². The van der Waals surface area contributed by atoms with E-state index < -0.39 is 0 Å². The Balaban J connectivity index is 2.12. The summed E-state index contributed by atoms with van der Waals surface area (Å²) in [5, 5.41) is 3.08. The molecule has 0 spiro atoms. The third-order valence-electron chi connectivity index (χ3n) is 1.94. The van der Waals surface area contributed by atoms with Gasteiger partial charge in [-0.15, -0.1) is 0 Å². The molecule has 0 aliphatic rings. The number of hydrogen-bond donors (Lipinski definition) is 1. The summed E-state index contributed by atoms with van der Waals surface area (Å²) in [4.78, 5) is 8.31. The highest BCUT2D eigenvalue weighted by atomic mass is 16.5. The molecular formula is C12H13N3O. The zero-order chi connectivity index (χ0) is 11.2. The normalized spacial score (nSPS) is 9.81. The monoisotopic (exact) mass is 215 g/mol. The summed E-state index contributed by atoms with van der Waals surface area (Å²) in [5.41, 5.74) is 0. The Bertz CT molecular complexity index is 445. The second kappa shape index (κ2) is 5.11. The zero-order valence-electron chi connectivity index (χ0n) is 9.05. The minimum atomic E-state index is 0.490. The van der Waals surface area contributed by atoms with Crippen molar-refractivity contribution in [3.8, 4) is 11.6 Å². The number of nitrogens with zero attached hydrogens (tertiary/aromatic N) is 2. The van der Waals surface area contributed by atoms with E-state index in [0.717, 1.165) is 18.1 Å². The molecule has 16 heavy (non-hydrogen) atoms. The van der Waals surface area contributed by atoms with Crippen LogP contribution in [0.5, 0.6) is 11.6 Å². The Morgan fingerprint density at radius 2 is 2.00 bits per heavy atom. The van der Waals surface area contributed by atoms with E-state index in [4.69, 9.17) is 4.74 Å². The first-order valence-corrected chi connectivity index (χ1v) is 5.17. The van der Waals surface area contributed by atoms with Gasteiger partial charge in [0, 0.05) is 6.54 Å². The molecular weight excluding hydrogens is 202 g/mol. The summed E-state index contributed by atoms with van der Waals surface area (Å²) >= 11 is 0. The molecule has 0 fully saturated rings. The van der Waals surface area contributed by atoms with Crippen LogP contribution in [0.25, 0.3) is 0 Å². The van der Waals surface area contributed by atoms with Gasteiger partial charge in [0.05, 0.1) is 12.4 Å². The van der Waals surface area contributed by atoms with Crippen molar-refractivity contribution in [2.24, 2.45) is 0 Å². The Morgan fingerprint density at radius 1 is 1.19 bits per heavy atom. The number of nitrogens with one attached hydrogen (secondary N) is 1. The van der Waals surface area contributed by atoms with E-state index in [0.29, 0.717) is 5.88 Å². The number of aromatic nitrogens is 2. The second-order valence-corrected chi connectivity index (χ2v) is 3.19. The Morgan fingerprint density at radius 3 is 2.75 bits per heavy atom. The SMILES string of the molecule is CCNc1cncc(Oc2ccccc2)n1. The van der Waals surface area contributed by atoms with Crippen LogP contribution in [0.4, 0.5) is 5.82 Å². The molecule has 0 saturated heterocycles. The third kappa shape index (κ3) is 2.70. The van der Waals surface area contributed by atoms with Gasteiger partial charge in [-0.05, 0) is 19.1 Å². The van der Waals surface area contributed by atoms with Crippen molar-refractivity contribution in [3.05, 3.63) is 42.7 Å². The standard InChI is InChI=1S/C12H13N3O/c1-2-14-11-8-13-9-12(15-11)16-10-6-4-3-5-7-10/h3-9H,2H2,1H3,(H,14,15). The van der Waals surface area contributed by atoms with Crippen molar-refractivity contribution < 1.29 is 4.74 Å². The number of benzene rings is 1. The second-order valence-electron chi connectivity index (χ2n) is 3.19. The van der Waals surface area contributed by atoms with Gasteiger partial charge in [0.15, 0.2) is 0 Å². The summed E-state index contributed by atoms with van der Waals surface area (Å²) in [6, 6.07) is 9.52. The molecule has 1 aromatic heterocycles. The van der Waals surface area contributed by atoms with E-state index in [-0.39, 0.29) is 0 Å². The predicted molar refractivity (Wildman–Crippen MR) is 62.7 cm³/mol. The van der Waals surface area contributed by atoms with Crippen molar-refractivity contribution in [2.75, 3.05) is 11.9 Å². The molecule has 2 aromatic rings. The van der Waals surface area contributed by atoms with Crippen LogP contribution < -0.4 is 10.1 Å². The van der Waals surface area contributed by atoms with Crippen molar-refractivity contribution in [1.82, 2.24) is 9.97 Å². The van der Waals surface area contributed by atoms with Crippen molar-refractivity contribution >= 4 is 5.82 Å². The summed E-state index contributed by atoms with van der Waals surface area (Å²) in [6.07, 6.45) is 3.26. The molecule has 82 valence electrons. The molecule has 2 rings (SSSR count). The lowest BCUT2D eigenvalue weighted by molar-refractivity contribution is 0.461. The number of para-hydroxylation sites is 1. The van der Waals surface area contributed by atoms with Gasteiger partial charge in [-0.2, -0.15) is 4.98 Å². The van der Waals surface area contributed by atoms with Crippen molar-refractivity contribution in [1.29, 1.82) is 0 Å². The smallest absolute Gasteiger partial charge is 0.239 e. The number of anilines is 1. The average molecular weight is 215 g/mol. The molecule has 1 N–H and O–H groups in total. The van der Waals surface area contributed by atoms with Gasteiger partial charge >= 0.3 is 0 Å². The van der Waals surface area contributed by atoms with E-state index >= 15 is 0 Å². The van der Waals surface area contributed by atoms with Crippen LogP contribution in [0, 0.1) is 0 Å². The number of hydrogen-bond acceptors (Lipinski definition) is 4. The topological polar surface area (TPSA) is 47.0 Å². The number of ether oxygens (including phenoxy) is 1. The summed E-state index contributed by atoms with van der Waals surface area (Å²) in [6.45, 7) is 2.82. The minimum Gasteiger partial charge on any atom is -0.437 e. The van der Waals surface area contributed by atoms with E-state index in [1.165, 1.54) is 0 Å². The molecule has 0 unspecified atom stereocenters.